The van der Waals surface area contributed by atoms with Crippen LogP contribution in [0.5, 0.6) is 0 Å². The summed E-state index contributed by atoms with van der Waals surface area (Å²) in [5.74, 6) is -0.165. The molecule has 2 aromatic heterocycles. The van der Waals surface area contributed by atoms with Gasteiger partial charge in [-0.15, -0.1) is 0 Å². The van der Waals surface area contributed by atoms with Crippen LogP contribution in [-0.4, -0.2) is 34.6 Å². The molecular weight excluding hydrogens is 324 g/mol. The number of hydrogen-bond acceptors (Lipinski definition) is 7. The molecule has 1 atom stereocenters. The van der Waals surface area contributed by atoms with Gasteiger partial charge in [0.15, 0.2) is 16.7 Å². The summed E-state index contributed by atoms with van der Waals surface area (Å²) in [5, 5.41) is 7.06. The van der Waals surface area contributed by atoms with Crippen LogP contribution in [0.2, 0.25) is 0 Å². The van der Waals surface area contributed by atoms with Crippen LogP contribution in [0.25, 0.3) is 0 Å². The lowest BCUT2D eigenvalue weighted by Gasteiger charge is -2.18. The minimum atomic E-state index is -0.617. The Morgan fingerprint density at radius 2 is 2.12 bits per heavy atom. The number of pyridine rings is 1. The molecule has 124 valence electrons. The Balaban J connectivity index is 1.54. The summed E-state index contributed by atoms with van der Waals surface area (Å²) in [6.45, 7) is 0. The Bertz CT molecular complexity index is 795. The SMILES string of the molecule is CNc1ccc(C(=O)C2CCc3nc(NC4CC4)sc3C2=O)cn1. The number of rotatable bonds is 5. The van der Waals surface area contributed by atoms with Crippen LogP contribution in [0, 0.1) is 5.92 Å². The van der Waals surface area contributed by atoms with Crippen LogP contribution in [0.4, 0.5) is 10.9 Å². The van der Waals surface area contributed by atoms with E-state index in [4.69, 9.17) is 0 Å². The molecule has 0 amide bonds. The van der Waals surface area contributed by atoms with Gasteiger partial charge in [0.25, 0.3) is 0 Å². The number of aryl methyl sites for hydroxylation is 1. The third kappa shape index (κ3) is 2.80. The minimum Gasteiger partial charge on any atom is -0.373 e. The first-order valence-electron chi connectivity index (χ1n) is 8.14. The van der Waals surface area contributed by atoms with Crippen LogP contribution >= 0.6 is 11.3 Å². The van der Waals surface area contributed by atoms with E-state index in [0.717, 1.165) is 23.7 Å². The number of carbonyl (C=O) groups is 2. The van der Waals surface area contributed by atoms with E-state index >= 15 is 0 Å². The highest BCUT2D eigenvalue weighted by atomic mass is 32.1. The maximum absolute atomic E-state index is 12.8. The number of fused-ring (bicyclic) bond motifs is 1. The van der Waals surface area contributed by atoms with Crippen molar-refractivity contribution < 1.29 is 9.59 Å². The fourth-order valence-corrected chi connectivity index (χ4v) is 3.97. The van der Waals surface area contributed by atoms with Gasteiger partial charge in [0.05, 0.1) is 16.5 Å². The van der Waals surface area contributed by atoms with E-state index in [0.29, 0.717) is 35.1 Å². The zero-order chi connectivity index (χ0) is 16.7. The Labute approximate surface area is 143 Å². The maximum atomic E-state index is 12.8. The molecule has 2 aliphatic rings. The fraction of sp³-hybridized carbons (Fsp3) is 0.412. The van der Waals surface area contributed by atoms with Gasteiger partial charge in [-0.2, -0.15) is 0 Å². The predicted molar refractivity (Wildman–Crippen MR) is 93.0 cm³/mol. The van der Waals surface area contributed by atoms with E-state index in [9.17, 15) is 9.59 Å². The van der Waals surface area contributed by atoms with E-state index in [1.54, 1.807) is 19.2 Å². The van der Waals surface area contributed by atoms with E-state index in [1.165, 1.54) is 17.5 Å². The lowest BCUT2D eigenvalue weighted by Crippen LogP contribution is -2.28. The highest BCUT2D eigenvalue weighted by molar-refractivity contribution is 7.17. The molecule has 0 spiro atoms. The lowest BCUT2D eigenvalue weighted by molar-refractivity contribution is 0.0793. The van der Waals surface area contributed by atoms with Crippen molar-refractivity contribution in [2.45, 2.75) is 31.7 Å². The standard InChI is InChI=1S/C17H18N4O2S/c1-18-13-7-2-9(8-19-13)14(22)11-5-6-12-16(15(11)23)24-17(21-12)20-10-3-4-10/h2,7-8,10-11H,3-6H2,1H3,(H,18,19)(H,20,21). The minimum absolute atomic E-state index is 0.0970. The average Bonchev–Trinajstić information content (AvgIpc) is 3.31. The van der Waals surface area contributed by atoms with Crippen molar-refractivity contribution in [2.75, 3.05) is 17.7 Å². The molecule has 24 heavy (non-hydrogen) atoms. The van der Waals surface area contributed by atoms with E-state index < -0.39 is 5.92 Å². The largest absolute Gasteiger partial charge is 0.373 e. The molecular formula is C17H18N4O2S. The average molecular weight is 342 g/mol. The zero-order valence-corrected chi connectivity index (χ0v) is 14.2. The first kappa shape index (κ1) is 15.3. The number of anilines is 2. The van der Waals surface area contributed by atoms with Crippen molar-refractivity contribution in [1.82, 2.24) is 9.97 Å². The summed E-state index contributed by atoms with van der Waals surface area (Å²) < 4.78 is 0. The van der Waals surface area contributed by atoms with Crippen molar-refractivity contribution in [1.29, 1.82) is 0 Å². The molecule has 7 heteroatoms. The first-order valence-corrected chi connectivity index (χ1v) is 8.96. The highest BCUT2D eigenvalue weighted by Gasteiger charge is 2.36. The van der Waals surface area contributed by atoms with E-state index in [2.05, 4.69) is 20.6 Å². The summed E-state index contributed by atoms with van der Waals surface area (Å²) in [7, 11) is 1.77. The Morgan fingerprint density at radius 1 is 1.29 bits per heavy atom. The number of nitrogens with one attached hydrogen (secondary N) is 2. The van der Waals surface area contributed by atoms with Crippen molar-refractivity contribution in [3.05, 3.63) is 34.5 Å². The second-order valence-electron chi connectivity index (χ2n) is 6.22. The molecule has 0 saturated heterocycles. The fourth-order valence-electron chi connectivity index (χ4n) is 2.89. The second kappa shape index (κ2) is 5.98. The Morgan fingerprint density at radius 3 is 2.79 bits per heavy atom. The number of hydrogen-bond donors (Lipinski definition) is 2. The third-order valence-corrected chi connectivity index (χ3v) is 5.48. The smallest absolute Gasteiger partial charge is 0.185 e. The molecule has 6 nitrogen and oxygen atoms in total. The predicted octanol–water partition coefficient (Wildman–Crippen LogP) is 2.78. The molecule has 1 saturated carbocycles. The van der Waals surface area contributed by atoms with Gasteiger partial charge in [-0.05, 0) is 37.8 Å². The van der Waals surface area contributed by atoms with Gasteiger partial charge < -0.3 is 10.6 Å². The summed E-state index contributed by atoms with van der Waals surface area (Å²) in [6, 6.07) is 3.97. The van der Waals surface area contributed by atoms with Crippen molar-refractivity contribution in [2.24, 2.45) is 5.92 Å². The highest BCUT2D eigenvalue weighted by Crippen LogP contribution is 2.35. The van der Waals surface area contributed by atoms with Crippen LogP contribution < -0.4 is 10.6 Å². The lowest BCUT2D eigenvalue weighted by atomic mass is 9.84. The zero-order valence-electron chi connectivity index (χ0n) is 13.3. The van der Waals surface area contributed by atoms with Crippen molar-refractivity contribution in [3.63, 3.8) is 0 Å². The molecule has 0 bridgehead atoms. The number of ketones is 2. The van der Waals surface area contributed by atoms with Crippen LogP contribution in [0.15, 0.2) is 18.3 Å². The Kier molecular flexibility index (Phi) is 3.80. The third-order valence-electron chi connectivity index (χ3n) is 4.43. The number of aromatic nitrogens is 2. The van der Waals surface area contributed by atoms with Crippen molar-refractivity contribution in [3.8, 4) is 0 Å². The van der Waals surface area contributed by atoms with Gasteiger partial charge in [0.1, 0.15) is 5.82 Å². The van der Waals surface area contributed by atoms with Crippen LogP contribution in [0.3, 0.4) is 0 Å². The molecule has 2 heterocycles. The van der Waals surface area contributed by atoms with E-state index in [1.807, 2.05) is 0 Å². The molecule has 2 aromatic rings. The number of carbonyl (C=O) groups excluding carboxylic acids is 2. The van der Waals surface area contributed by atoms with Gasteiger partial charge in [0, 0.05) is 24.8 Å². The summed E-state index contributed by atoms with van der Waals surface area (Å²) in [5.41, 5.74) is 1.32. The molecule has 0 aliphatic heterocycles. The normalized spacial score (nSPS) is 19.7. The molecule has 2 N–H and O–H groups in total. The number of Topliss-reactive ketones (excluding diaryl/α,β-unsaturated/α-hetero) is 2. The molecule has 1 unspecified atom stereocenters. The van der Waals surface area contributed by atoms with Crippen molar-refractivity contribution >= 4 is 33.9 Å². The van der Waals surface area contributed by atoms with Gasteiger partial charge in [-0.3, -0.25) is 9.59 Å². The quantitative estimate of drug-likeness (QED) is 0.642. The van der Waals surface area contributed by atoms with Crippen LogP contribution in [0.1, 0.15) is 45.0 Å². The van der Waals surface area contributed by atoms with Gasteiger partial charge >= 0.3 is 0 Å². The van der Waals surface area contributed by atoms with Crippen LogP contribution in [-0.2, 0) is 6.42 Å². The summed E-state index contributed by atoms with van der Waals surface area (Å²) >= 11 is 1.38. The summed E-state index contributed by atoms with van der Waals surface area (Å²) in [6.07, 6.45) is 5.04. The van der Waals surface area contributed by atoms with E-state index in [-0.39, 0.29) is 11.6 Å². The monoisotopic (exact) mass is 342 g/mol. The molecule has 0 aromatic carbocycles. The number of thiazole rings is 1. The molecule has 1 fully saturated rings. The molecule has 4 rings (SSSR count). The van der Waals surface area contributed by atoms with Gasteiger partial charge in [0.2, 0.25) is 0 Å². The van der Waals surface area contributed by atoms with Gasteiger partial charge in [-0.25, -0.2) is 9.97 Å². The Hall–Kier alpha value is -2.28. The molecule has 0 radical (unpaired) electrons. The first-order chi connectivity index (χ1) is 11.7. The summed E-state index contributed by atoms with van der Waals surface area (Å²) in [4.78, 5) is 34.8. The topological polar surface area (TPSA) is 84.0 Å². The number of nitrogens with zero attached hydrogens (tertiary/aromatic N) is 2. The molecule has 2 aliphatic carbocycles. The second-order valence-corrected chi connectivity index (χ2v) is 7.21. The van der Waals surface area contributed by atoms with Gasteiger partial charge in [-0.1, -0.05) is 11.3 Å². The maximum Gasteiger partial charge on any atom is 0.185 e.